The van der Waals surface area contributed by atoms with Crippen molar-refractivity contribution < 1.29 is 23.1 Å². The lowest BCUT2D eigenvalue weighted by molar-refractivity contribution is -0.0603. The van der Waals surface area contributed by atoms with E-state index in [0.717, 1.165) is 31.4 Å². The van der Waals surface area contributed by atoms with Crippen LogP contribution in [0.15, 0.2) is 47.4 Å². The second kappa shape index (κ2) is 11.1. The minimum atomic E-state index is -3.94. The highest BCUT2D eigenvalue weighted by atomic mass is 32.2. The molecule has 0 spiro atoms. The van der Waals surface area contributed by atoms with Gasteiger partial charge < -0.3 is 20.1 Å². The molecule has 3 N–H and O–H groups in total. The molecule has 0 bridgehead atoms. The molecule has 2 aromatic rings. The number of sulfonamides is 1. The number of carbonyl (C=O) groups excluding carboxylic acids is 1. The number of unbranched alkanes of at least 4 members (excludes halogenated alkanes) is 1. The number of fused-ring (bicyclic) bond motifs is 1. The summed E-state index contributed by atoms with van der Waals surface area (Å²) in [6.45, 7) is 6.89. The molecule has 0 unspecified atom stereocenters. The van der Waals surface area contributed by atoms with Gasteiger partial charge in [-0.1, -0.05) is 19.1 Å². The first-order chi connectivity index (χ1) is 16.4. The van der Waals surface area contributed by atoms with Gasteiger partial charge in [-0.3, -0.25) is 4.79 Å². The third-order valence-corrected chi connectivity index (χ3v) is 7.71. The summed E-state index contributed by atoms with van der Waals surface area (Å²) in [6, 6.07) is 10.6. The maximum absolute atomic E-state index is 13.2. The van der Waals surface area contributed by atoms with Crippen molar-refractivity contribution >= 4 is 15.9 Å². The minimum absolute atomic E-state index is 0.111. The Kier molecular flexibility index (Phi) is 8.58. The van der Waals surface area contributed by atoms with Crippen LogP contribution in [0.4, 0.5) is 0 Å². The fourth-order valence-corrected chi connectivity index (χ4v) is 5.29. The van der Waals surface area contributed by atoms with E-state index < -0.39 is 27.8 Å². The Bertz CT molecular complexity index is 1130. The summed E-state index contributed by atoms with van der Waals surface area (Å²) in [5, 5.41) is 14.0. The van der Waals surface area contributed by atoms with Gasteiger partial charge in [0.1, 0.15) is 17.5 Å². The Morgan fingerprint density at radius 1 is 1.11 bits per heavy atom. The Hall–Kier alpha value is -2.46. The van der Waals surface area contributed by atoms with Gasteiger partial charge in [0.25, 0.3) is 5.91 Å². The first kappa shape index (κ1) is 27.1. The highest BCUT2D eigenvalue weighted by Crippen LogP contribution is 2.41. The van der Waals surface area contributed by atoms with E-state index in [1.165, 1.54) is 0 Å². The standard InChI is InChI=1S/C26H37N3O5S/c1-6-18-9-12-20(13-10-18)35(32,33)28-23-21-17-19(25(31)27-15-7-8-16-29(4)5)11-14-22(21)34-26(2,3)24(23)30/h9-14,17,23-24,28,30H,6-8,15-16H2,1-5H3,(H,27,31)/t23-,24+/m1/s1. The summed E-state index contributed by atoms with van der Waals surface area (Å²) in [5.74, 6) is 0.172. The molecule has 0 aromatic heterocycles. The number of benzene rings is 2. The molecule has 1 heterocycles. The van der Waals surface area contributed by atoms with Gasteiger partial charge in [-0.25, -0.2) is 13.1 Å². The maximum Gasteiger partial charge on any atom is 0.251 e. The molecular weight excluding hydrogens is 466 g/mol. The lowest BCUT2D eigenvalue weighted by atomic mass is 9.86. The van der Waals surface area contributed by atoms with E-state index >= 15 is 0 Å². The first-order valence-electron chi connectivity index (χ1n) is 12.0. The Morgan fingerprint density at radius 3 is 2.43 bits per heavy atom. The van der Waals surface area contributed by atoms with Crippen LogP contribution in [0.5, 0.6) is 5.75 Å². The number of aliphatic hydroxyl groups is 1. The second-order valence-electron chi connectivity index (χ2n) is 9.77. The van der Waals surface area contributed by atoms with Crippen molar-refractivity contribution in [2.75, 3.05) is 27.2 Å². The van der Waals surface area contributed by atoms with Crippen molar-refractivity contribution in [2.24, 2.45) is 0 Å². The van der Waals surface area contributed by atoms with Gasteiger partial charge in [0.05, 0.1) is 10.9 Å². The van der Waals surface area contributed by atoms with Gasteiger partial charge in [0.15, 0.2) is 0 Å². The molecule has 0 saturated heterocycles. The number of rotatable bonds is 10. The van der Waals surface area contributed by atoms with E-state index in [9.17, 15) is 18.3 Å². The summed E-state index contributed by atoms with van der Waals surface area (Å²) in [7, 11) is 0.0751. The number of nitrogens with one attached hydrogen (secondary N) is 2. The fourth-order valence-electron chi connectivity index (χ4n) is 4.07. The number of nitrogens with zero attached hydrogens (tertiary/aromatic N) is 1. The molecule has 35 heavy (non-hydrogen) atoms. The normalized spacial score (nSPS) is 19.2. The Balaban J connectivity index is 1.84. The molecule has 0 fully saturated rings. The van der Waals surface area contributed by atoms with E-state index in [-0.39, 0.29) is 10.8 Å². The molecule has 2 atom stereocenters. The van der Waals surface area contributed by atoms with Crippen molar-refractivity contribution in [1.29, 1.82) is 0 Å². The summed E-state index contributed by atoms with van der Waals surface area (Å²) in [6.07, 6.45) is 1.44. The van der Waals surface area contributed by atoms with Crippen molar-refractivity contribution in [1.82, 2.24) is 14.9 Å². The molecule has 0 radical (unpaired) electrons. The summed E-state index contributed by atoms with van der Waals surface area (Å²) in [5.41, 5.74) is 0.788. The van der Waals surface area contributed by atoms with Crippen LogP contribution in [0, 0.1) is 0 Å². The minimum Gasteiger partial charge on any atom is -0.485 e. The third kappa shape index (κ3) is 6.61. The Morgan fingerprint density at radius 2 is 1.80 bits per heavy atom. The molecule has 9 heteroatoms. The summed E-state index contributed by atoms with van der Waals surface area (Å²) in [4.78, 5) is 15.0. The Labute approximate surface area is 208 Å². The monoisotopic (exact) mass is 503 g/mol. The van der Waals surface area contributed by atoms with Gasteiger partial charge >= 0.3 is 0 Å². The summed E-state index contributed by atoms with van der Waals surface area (Å²) < 4.78 is 35.0. The molecule has 0 aliphatic carbocycles. The van der Waals surface area contributed by atoms with Crippen molar-refractivity contribution in [3.63, 3.8) is 0 Å². The zero-order chi connectivity index (χ0) is 25.8. The smallest absolute Gasteiger partial charge is 0.251 e. The largest absolute Gasteiger partial charge is 0.485 e. The zero-order valence-corrected chi connectivity index (χ0v) is 22.0. The highest BCUT2D eigenvalue weighted by Gasteiger charge is 2.44. The van der Waals surface area contributed by atoms with Crippen LogP contribution >= 0.6 is 0 Å². The van der Waals surface area contributed by atoms with Crippen LogP contribution in [0.3, 0.4) is 0 Å². The van der Waals surface area contributed by atoms with Gasteiger partial charge in [-0.2, -0.15) is 0 Å². The molecule has 192 valence electrons. The number of aryl methyl sites for hydroxylation is 1. The molecule has 2 aromatic carbocycles. The molecule has 1 aliphatic heterocycles. The maximum atomic E-state index is 13.2. The van der Waals surface area contributed by atoms with Crippen LogP contribution in [-0.2, 0) is 16.4 Å². The molecule has 1 aliphatic rings. The van der Waals surface area contributed by atoms with Gasteiger partial charge in [-0.15, -0.1) is 0 Å². The predicted molar refractivity (Wildman–Crippen MR) is 136 cm³/mol. The lowest BCUT2D eigenvalue weighted by Gasteiger charge is -2.42. The van der Waals surface area contributed by atoms with Crippen LogP contribution in [-0.4, -0.2) is 63.2 Å². The second-order valence-corrected chi connectivity index (χ2v) is 11.5. The van der Waals surface area contributed by atoms with E-state index in [4.69, 9.17) is 4.74 Å². The van der Waals surface area contributed by atoms with Crippen molar-refractivity contribution in [2.45, 2.75) is 62.7 Å². The molecule has 3 rings (SSSR count). The average molecular weight is 504 g/mol. The van der Waals surface area contributed by atoms with E-state index in [0.29, 0.717) is 23.4 Å². The average Bonchev–Trinajstić information content (AvgIpc) is 2.81. The lowest BCUT2D eigenvalue weighted by Crippen LogP contribution is -2.53. The van der Waals surface area contributed by atoms with Crippen LogP contribution in [0.25, 0.3) is 0 Å². The fraction of sp³-hybridized carbons (Fsp3) is 0.500. The zero-order valence-electron chi connectivity index (χ0n) is 21.2. The molecule has 1 amide bonds. The van der Waals surface area contributed by atoms with E-state index in [1.807, 2.05) is 21.0 Å². The topological polar surface area (TPSA) is 108 Å². The van der Waals surface area contributed by atoms with Crippen molar-refractivity contribution in [3.8, 4) is 5.75 Å². The van der Waals surface area contributed by atoms with Gasteiger partial charge in [-0.05, 0) is 89.6 Å². The third-order valence-electron chi connectivity index (χ3n) is 6.25. The quantitative estimate of drug-likeness (QED) is 0.431. The van der Waals surface area contributed by atoms with Gasteiger partial charge in [0.2, 0.25) is 10.0 Å². The molecule has 0 saturated carbocycles. The molecular formula is C26H37N3O5S. The number of hydrogen-bond acceptors (Lipinski definition) is 6. The number of aliphatic hydroxyl groups excluding tert-OH is 1. The number of ether oxygens (including phenoxy) is 1. The van der Waals surface area contributed by atoms with Crippen LogP contribution in [0.1, 0.15) is 61.1 Å². The highest BCUT2D eigenvalue weighted by molar-refractivity contribution is 7.89. The van der Waals surface area contributed by atoms with Gasteiger partial charge in [0, 0.05) is 17.7 Å². The SMILES string of the molecule is CCc1ccc(S(=O)(=O)N[C@@H]2c3cc(C(=O)NCCCCN(C)C)ccc3OC(C)(C)[C@H]2O)cc1. The van der Waals surface area contributed by atoms with E-state index in [1.54, 1.807) is 56.3 Å². The predicted octanol–water partition coefficient (Wildman–Crippen LogP) is 2.87. The number of carbonyl (C=O) groups is 1. The van der Waals surface area contributed by atoms with Crippen LogP contribution < -0.4 is 14.8 Å². The molecule has 8 nitrogen and oxygen atoms in total. The van der Waals surface area contributed by atoms with E-state index in [2.05, 4.69) is 14.9 Å². The first-order valence-corrected chi connectivity index (χ1v) is 13.5. The van der Waals surface area contributed by atoms with Crippen LogP contribution in [0.2, 0.25) is 0 Å². The number of hydrogen-bond donors (Lipinski definition) is 3. The summed E-state index contributed by atoms with van der Waals surface area (Å²) >= 11 is 0. The van der Waals surface area contributed by atoms with Crippen molar-refractivity contribution in [3.05, 3.63) is 59.2 Å². The number of amides is 1.